The average Bonchev–Trinajstić information content (AvgIpc) is 2.37. The summed E-state index contributed by atoms with van der Waals surface area (Å²) in [5.74, 6) is 0.615. The molecule has 0 radical (unpaired) electrons. The zero-order valence-corrected chi connectivity index (χ0v) is 9.97. The zero-order chi connectivity index (χ0) is 12.1. The predicted octanol–water partition coefficient (Wildman–Crippen LogP) is 2.41. The van der Waals surface area contributed by atoms with Gasteiger partial charge in [-0.3, -0.25) is 4.98 Å². The van der Waals surface area contributed by atoms with Crippen molar-refractivity contribution in [1.29, 1.82) is 0 Å². The Morgan fingerprint density at radius 3 is 2.76 bits per heavy atom. The number of ether oxygens (including phenoxy) is 1. The van der Waals surface area contributed by atoms with Gasteiger partial charge in [0.2, 0.25) is 5.88 Å². The number of nitrogens with one attached hydrogen (secondary N) is 1. The molecule has 2 aromatic rings. The molecule has 2 heterocycles. The van der Waals surface area contributed by atoms with Gasteiger partial charge in [-0.15, -0.1) is 0 Å². The van der Waals surface area contributed by atoms with Crippen LogP contribution in [0.5, 0.6) is 5.88 Å². The maximum Gasteiger partial charge on any atom is 0.213 e. The molecule has 0 spiro atoms. The number of hydrogen-bond acceptors (Lipinski definition) is 4. The molecule has 4 heteroatoms. The molecule has 2 aromatic heterocycles. The van der Waals surface area contributed by atoms with E-state index in [2.05, 4.69) is 15.3 Å². The van der Waals surface area contributed by atoms with Crippen LogP contribution in [0.1, 0.15) is 11.4 Å². The summed E-state index contributed by atoms with van der Waals surface area (Å²) in [5, 5.41) is 3.26. The minimum absolute atomic E-state index is 0.615. The molecule has 0 aliphatic carbocycles. The summed E-state index contributed by atoms with van der Waals surface area (Å²) in [5.41, 5.74) is 2.99. The minimum Gasteiger partial charge on any atom is -0.481 e. The molecular formula is C13H15N3O. The van der Waals surface area contributed by atoms with Crippen molar-refractivity contribution < 1.29 is 4.74 Å². The first kappa shape index (κ1) is 11.4. The first-order valence-corrected chi connectivity index (χ1v) is 5.44. The standard InChI is InChI=1S/C13H15N3O/c1-10-4-3-5-12(16-10)9-14-11-6-7-13(17-2)15-8-11/h3-8,14H,9H2,1-2H3. The molecule has 0 fully saturated rings. The van der Waals surface area contributed by atoms with Crippen LogP contribution < -0.4 is 10.1 Å². The monoisotopic (exact) mass is 229 g/mol. The maximum absolute atomic E-state index is 5.00. The van der Waals surface area contributed by atoms with Crippen LogP contribution in [-0.2, 0) is 6.54 Å². The van der Waals surface area contributed by atoms with Gasteiger partial charge in [0, 0.05) is 11.8 Å². The van der Waals surface area contributed by atoms with E-state index < -0.39 is 0 Å². The molecule has 0 unspecified atom stereocenters. The summed E-state index contributed by atoms with van der Waals surface area (Å²) >= 11 is 0. The Labute approximate surface area is 101 Å². The van der Waals surface area contributed by atoms with Gasteiger partial charge in [-0.2, -0.15) is 0 Å². The Morgan fingerprint density at radius 1 is 1.24 bits per heavy atom. The van der Waals surface area contributed by atoms with Crippen molar-refractivity contribution in [2.24, 2.45) is 0 Å². The summed E-state index contributed by atoms with van der Waals surface area (Å²) in [6, 6.07) is 9.74. The fraction of sp³-hybridized carbons (Fsp3) is 0.231. The van der Waals surface area contributed by atoms with Gasteiger partial charge in [0.1, 0.15) is 0 Å². The van der Waals surface area contributed by atoms with Gasteiger partial charge < -0.3 is 10.1 Å². The van der Waals surface area contributed by atoms with Crippen LogP contribution in [0.3, 0.4) is 0 Å². The maximum atomic E-state index is 5.00. The van der Waals surface area contributed by atoms with E-state index >= 15 is 0 Å². The Hall–Kier alpha value is -2.10. The third-order valence-electron chi connectivity index (χ3n) is 2.37. The van der Waals surface area contributed by atoms with E-state index in [9.17, 15) is 0 Å². The lowest BCUT2D eigenvalue weighted by atomic mass is 10.3. The van der Waals surface area contributed by atoms with Crippen LogP contribution in [0.15, 0.2) is 36.5 Å². The third-order valence-corrected chi connectivity index (χ3v) is 2.37. The largest absolute Gasteiger partial charge is 0.481 e. The Bertz CT molecular complexity index is 482. The fourth-order valence-electron chi connectivity index (χ4n) is 1.50. The second kappa shape index (κ2) is 5.30. The molecule has 0 amide bonds. The van der Waals surface area contributed by atoms with Crippen LogP contribution in [0.4, 0.5) is 5.69 Å². The summed E-state index contributed by atoms with van der Waals surface area (Å²) in [4.78, 5) is 8.54. The number of methoxy groups -OCH3 is 1. The van der Waals surface area contributed by atoms with Crippen molar-refractivity contribution in [3.05, 3.63) is 47.9 Å². The van der Waals surface area contributed by atoms with E-state index in [-0.39, 0.29) is 0 Å². The van der Waals surface area contributed by atoms with E-state index in [1.807, 2.05) is 37.3 Å². The van der Waals surface area contributed by atoms with Crippen LogP contribution in [-0.4, -0.2) is 17.1 Å². The van der Waals surface area contributed by atoms with Gasteiger partial charge in [0.05, 0.1) is 31.2 Å². The molecule has 0 bridgehead atoms. The van der Waals surface area contributed by atoms with Crippen LogP contribution in [0.25, 0.3) is 0 Å². The molecule has 88 valence electrons. The second-order valence-corrected chi connectivity index (χ2v) is 3.71. The van der Waals surface area contributed by atoms with Crippen molar-refractivity contribution in [3.63, 3.8) is 0 Å². The highest BCUT2D eigenvalue weighted by Crippen LogP contribution is 2.11. The molecule has 1 N–H and O–H groups in total. The van der Waals surface area contributed by atoms with Gasteiger partial charge >= 0.3 is 0 Å². The second-order valence-electron chi connectivity index (χ2n) is 3.71. The SMILES string of the molecule is COc1ccc(NCc2cccc(C)n2)cn1. The lowest BCUT2D eigenvalue weighted by Gasteiger charge is -2.06. The Morgan fingerprint density at radius 2 is 2.12 bits per heavy atom. The summed E-state index contributed by atoms with van der Waals surface area (Å²) < 4.78 is 5.00. The smallest absolute Gasteiger partial charge is 0.213 e. The van der Waals surface area contributed by atoms with Gasteiger partial charge in [-0.05, 0) is 25.1 Å². The van der Waals surface area contributed by atoms with E-state index in [1.165, 1.54) is 0 Å². The quantitative estimate of drug-likeness (QED) is 0.874. The molecule has 0 atom stereocenters. The van der Waals surface area contributed by atoms with Gasteiger partial charge in [-0.1, -0.05) is 6.07 Å². The Balaban J connectivity index is 1.97. The predicted molar refractivity (Wildman–Crippen MR) is 67.1 cm³/mol. The average molecular weight is 229 g/mol. The number of aryl methyl sites for hydroxylation is 1. The minimum atomic E-state index is 0.615. The first-order valence-electron chi connectivity index (χ1n) is 5.44. The number of aromatic nitrogens is 2. The molecule has 0 saturated carbocycles. The molecule has 0 saturated heterocycles. The van der Waals surface area contributed by atoms with Crippen molar-refractivity contribution in [2.75, 3.05) is 12.4 Å². The summed E-state index contributed by atoms with van der Waals surface area (Å²) in [7, 11) is 1.60. The molecule has 17 heavy (non-hydrogen) atoms. The number of pyridine rings is 2. The van der Waals surface area contributed by atoms with Crippen LogP contribution in [0, 0.1) is 6.92 Å². The number of rotatable bonds is 4. The first-order chi connectivity index (χ1) is 8.28. The van der Waals surface area contributed by atoms with Crippen molar-refractivity contribution in [3.8, 4) is 5.88 Å². The van der Waals surface area contributed by atoms with Crippen LogP contribution >= 0.6 is 0 Å². The van der Waals surface area contributed by atoms with Crippen molar-refractivity contribution in [1.82, 2.24) is 9.97 Å². The zero-order valence-electron chi connectivity index (χ0n) is 9.97. The normalized spacial score (nSPS) is 10.0. The van der Waals surface area contributed by atoms with E-state index in [0.29, 0.717) is 12.4 Å². The van der Waals surface area contributed by atoms with Crippen molar-refractivity contribution >= 4 is 5.69 Å². The Kier molecular flexibility index (Phi) is 3.55. The number of nitrogens with zero attached hydrogens (tertiary/aromatic N) is 2. The molecule has 0 aliphatic rings. The fourth-order valence-corrected chi connectivity index (χ4v) is 1.50. The lowest BCUT2D eigenvalue weighted by molar-refractivity contribution is 0.398. The lowest BCUT2D eigenvalue weighted by Crippen LogP contribution is -2.02. The highest BCUT2D eigenvalue weighted by atomic mass is 16.5. The topological polar surface area (TPSA) is 47.0 Å². The van der Waals surface area contributed by atoms with E-state index in [4.69, 9.17) is 4.74 Å². The third kappa shape index (κ3) is 3.17. The van der Waals surface area contributed by atoms with Crippen molar-refractivity contribution in [2.45, 2.75) is 13.5 Å². The summed E-state index contributed by atoms with van der Waals surface area (Å²) in [6.45, 7) is 2.67. The van der Waals surface area contributed by atoms with Gasteiger partial charge in [-0.25, -0.2) is 4.98 Å². The molecule has 2 rings (SSSR count). The van der Waals surface area contributed by atoms with E-state index in [0.717, 1.165) is 17.1 Å². The highest BCUT2D eigenvalue weighted by Gasteiger charge is 1.97. The van der Waals surface area contributed by atoms with E-state index in [1.54, 1.807) is 13.3 Å². The van der Waals surface area contributed by atoms with Gasteiger partial charge in [0.25, 0.3) is 0 Å². The van der Waals surface area contributed by atoms with Crippen LogP contribution in [0.2, 0.25) is 0 Å². The molecule has 0 aromatic carbocycles. The van der Waals surface area contributed by atoms with Gasteiger partial charge in [0.15, 0.2) is 0 Å². The molecule has 4 nitrogen and oxygen atoms in total. The molecule has 0 aliphatic heterocycles. The molecular weight excluding hydrogens is 214 g/mol. The highest BCUT2D eigenvalue weighted by molar-refractivity contribution is 5.42. The summed E-state index contributed by atoms with van der Waals surface area (Å²) in [6.07, 6.45) is 1.74. The number of anilines is 1. The number of hydrogen-bond donors (Lipinski definition) is 1.